The van der Waals surface area contributed by atoms with Gasteiger partial charge in [0.1, 0.15) is 0 Å². The molecule has 20 heavy (non-hydrogen) atoms. The van der Waals surface area contributed by atoms with Gasteiger partial charge in [-0.25, -0.2) is 10.8 Å². The van der Waals surface area contributed by atoms with Crippen LogP contribution in [-0.2, 0) is 0 Å². The van der Waals surface area contributed by atoms with E-state index in [1.807, 2.05) is 0 Å². The molecule has 0 bridgehead atoms. The van der Waals surface area contributed by atoms with Crippen molar-refractivity contribution in [2.45, 2.75) is 0 Å². The van der Waals surface area contributed by atoms with Gasteiger partial charge in [0.2, 0.25) is 0 Å². The number of aromatic nitrogens is 1. The largest absolute Gasteiger partial charge is 0.322 e. The minimum Gasteiger partial charge on any atom is -0.322 e. The number of carbonyl (C=O) groups excluding carboxylic acids is 1. The van der Waals surface area contributed by atoms with Gasteiger partial charge in [-0.3, -0.25) is 4.79 Å². The summed E-state index contributed by atoms with van der Waals surface area (Å²) in [7, 11) is 0. The van der Waals surface area contributed by atoms with Crippen LogP contribution in [0.4, 0.5) is 11.5 Å². The maximum Gasteiger partial charge on any atom is 0.259 e. The van der Waals surface area contributed by atoms with Crippen molar-refractivity contribution in [2.75, 3.05) is 10.7 Å². The number of hydrogen-bond donors (Lipinski definition) is 3. The van der Waals surface area contributed by atoms with Crippen molar-refractivity contribution in [1.29, 1.82) is 0 Å². The highest BCUT2D eigenvalue weighted by atomic mass is 79.9. The minimum absolute atomic E-state index is 0.263. The Morgan fingerprint density at radius 1 is 1.20 bits per heavy atom. The number of pyridine rings is 1. The number of hydrazine groups is 1. The molecule has 0 atom stereocenters. The lowest BCUT2D eigenvalue weighted by Gasteiger charge is -2.10. The van der Waals surface area contributed by atoms with E-state index in [0.717, 1.165) is 0 Å². The molecule has 1 heterocycles. The van der Waals surface area contributed by atoms with E-state index >= 15 is 0 Å². The van der Waals surface area contributed by atoms with Gasteiger partial charge in [-0.05, 0) is 40.2 Å². The van der Waals surface area contributed by atoms with Gasteiger partial charge in [0.05, 0.1) is 5.56 Å². The van der Waals surface area contributed by atoms with E-state index < -0.39 is 0 Å². The van der Waals surface area contributed by atoms with Gasteiger partial charge in [-0.15, -0.1) is 0 Å². The quantitative estimate of drug-likeness (QED) is 0.564. The minimum atomic E-state index is -0.384. The third-order valence-corrected chi connectivity index (χ3v) is 3.23. The summed E-state index contributed by atoms with van der Waals surface area (Å²) in [4.78, 5) is 16.2. The molecule has 0 saturated heterocycles. The van der Waals surface area contributed by atoms with Crippen LogP contribution in [0.15, 0.2) is 34.9 Å². The summed E-state index contributed by atoms with van der Waals surface area (Å²) >= 11 is 15.0. The average molecular weight is 376 g/mol. The number of nitrogen functional groups attached to an aromatic ring is 1. The van der Waals surface area contributed by atoms with E-state index in [1.165, 1.54) is 6.20 Å². The van der Waals surface area contributed by atoms with Crippen molar-refractivity contribution in [2.24, 2.45) is 5.84 Å². The Labute approximate surface area is 133 Å². The molecule has 2 aromatic rings. The molecule has 8 heteroatoms. The zero-order chi connectivity index (χ0) is 14.7. The molecule has 0 aliphatic heterocycles. The first-order chi connectivity index (χ1) is 9.49. The second kappa shape index (κ2) is 6.41. The Morgan fingerprint density at radius 3 is 2.45 bits per heavy atom. The first-order valence-corrected chi connectivity index (χ1v) is 6.94. The maximum absolute atomic E-state index is 12.2. The summed E-state index contributed by atoms with van der Waals surface area (Å²) in [6, 6.07) is 6.36. The first kappa shape index (κ1) is 15.1. The molecule has 0 spiro atoms. The molecule has 4 N–H and O–H groups in total. The fourth-order valence-electron chi connectivity index (χ4n) is 1.55. The van der Waals surface area contributed by atoms with Crippen LogP contribution in [0.3, 0.4) is 0 Å². The van der Waals surface area contributed by atoms with Gasteiger partial charge in [0.25, 0.3) is 5.91 Å². The van der Waals surface area contributed by atoms with Crippen LogP contribution in [0.1, 0.15) is 10.4 Å². The van der Waals surface area contributed by atoms with Crippen molar-refractivity contribution in [1.82, 2.24) is 4.98 Å². The van der Waals surface area contributed by atoms with E-state index in [4.69, 9.17) is 29.0 Å². The van der Waals surface area contributed by atoms with Crippen LogP contribution in [0.5, 0.6) is 0 Å². The summed E-state index contributed by atoms with van der Waals surface area (Å²) < 4.78 is 0.658. The van der Waals surface area contributed by atoms with Crippen molar-refractivity contribution < 1.29 is 4.79 Å². The van der Waals surface area contributed by atoms with Gasteiger partial charge >= 0.3 is 0 Å². The number of nitrogens with two attached hydrogens (primary N) is 1. The van der Waals surface area contributed by atoms with Crippen molar-refractivity contribution >= 4 is 56.5 Å². The molecule has 0 aliphatic carbocycles. The smallest absolute Gasteiger partial charge is 0.259 e. The Balaban J connectivity index is 2.30. The van der Waals surface area contributed by atoms with Crippen molar-refractivity contribution in [3.05, 3.63) is 50.5 Å². The van der Waals surface area contributed by atoms with Crippen LogP contribution in [0.25, 0.3) is 0 Å². The van der Waals surface area contributed by atoms with Gasteiger partial charge in [0.15, 0.2) is 5.82 Å². The molecular weight excluding hydrogens is 367 g/mol. The lowest BCUT2D eigenvalue weighted by molar-refractivity contribution is 0.102. The van der Waals surface area contributed by atoms with Crippen LogP contribution in [0.2, 0.25) is 10.0 Å². The molecule has 0 saturated carbocycles. The Hall–Kier alpha value is -1.34. The third-order valence-electron chi connectivity index (χ3n) is 2.36. The van der Waals surface area contributed by atoms with Crippen LogP contribution < -0.4 is 16.6 Å². The molecule has 0 radical (unpaired) electrons. The second-order valence-corrected chi connectivity index (χ2v) is 5.59. The summed E-state index contributed by atoms with van der Waals surface area (Å²) in [6.45, 7) is 0. The molecule has 0 aliphatic rings. The lowest BCUT2D eigenvalue weighted by atomic mass is 10.2. The predicted octanol–water partition coefficient (Wildman–Crippen LogP) is 3.69. The number of nitrogens with zero attached hydrogens (tertiary/aromatic N) is 1. The number of anilines is 2. The highest BCUT2D eigenvalue weighted by molar-refractivity contribution is 9.10. The molecule has 1 aromatic carbocycles. The number of benzene rings is 1. The average Bonchev–Trinajstić information content (AvgIpc) is 2.37. The van der Waals surface area contributed by atoms with Gasteiger partial charge in [-0.1, -0.05) is 23.2 Å². The Kier molecular flexibility index (Phi) is 4.82. The van der Waals surface area contributed by atoms with Gasteiger partial charge in [0, 0.05) is 26.4 Å². The van der Waals surface area contributed by atoms with Gasteiger partial charge < -0.3 is 10.7 Å². The highest BCUT2D eigenvalue weighted by Gasteiger charge is 2.13. The monoisotopic (exact) mass is 374 g/mol. The number of nitrogens with one attached hydrogen (secondary N) is 2. The van der Waals surface area contributed by atoms with Crippen molar-refractivity contribution in [3.63, 3.8) is 0 Å². The topological polar surface area (TPSA) is 80.0 Å². The third kappa shape index (κ3) is 3.61. The fourth-order valence-corrected chi connectivity index (χ4v) is 2.41. The molecule has 2 rings (SSSR count). The summed E-state index contributed by atoms with van der Waals surface area (Å²) in [6.07, 6.45) is 1.53. The second-order valence-electron chi connectivity index (χ2n) is 3.81. The molecular formula is C12H9BrCl2N4O. The number of rotatable bonds is 3. The van der Waals surface area contributed by atoms with Crippen LogP contribution in [-0.4, -0.2) is 10.9 Å². The SMILES string of the molecule is NNc1ncc(Br)cc1C(=O)Nc1cc(Cl)cc(Cl)c1. The zero-order valence-corrected chi connectivity index (χ0v) is 13.1. The molecule has 104 valence electrons. The molecule has 0 fully saturated rings. The van der Waals surface area contributed by atoms with Crippen LogP contribution >= 0.6 is 39.1 Å². The molecule has 0 unspecified atom stereocenters. The number of amides is 1. The highest BCUT2D eigenvalue weighted by Crippen LogP contribution is 2.24. The van der Waals surface area contributed by atoms with E-state index in [9.17, 15) is 4.79 Å². The summed E-state index contributed by atoms with van der Waals surface area (Å²) in [5.41, 5.74) is 3.14. The molecule has 5 nitrogen and oxygen atoms in total. The maximum atomic E-state index is 12.2. The van der Waals surface area contributed by atoms with Crippen LogP contribution in [0, 0.1) is 0 Å². The van der Waals surface area contributed by atoms with Gasteiger partial charge in [-0.2, -0.15) is 0 Å². The van der Waals surface area contributed by atoms with E-state index in [1.54, 1.807) is 24.3 Å². The zero-order valence-electron chi connectivity index (χ0n) is 9.95. The lowest BCUT2D eigenvalue weighted by Crippen LogP contribution is -2.18. The summed E-state index contributed by atoms with van der Waals surface area (Å²) in [5, 5.41) is 3.53. The van der Waals surface area contributed by atoms with Crippen molar-refractivity contribution in [3.8, 4) is 0 Å². The summed E-state index contributed by atoms with van der Waals surface area (Å²) in [5.74, 6) is 5.21. The first-order valence-electron chi connectivity index (χ1n) is 5.39. The van der Waals surface area contributed by atoms with E-state index in [-0.39, 0.29) is 17.3 Å². The molecule has 1 amide bonds. The predicted molar refractivity (Wildman–Crippen MR) is 84.2 cm³/mol. The fraction of sp³-hybridized carbons (Fsp3) is 0. The Bertz CT molecular complexity index is 646. The van der Waals surface area contributed by atoms with E-state index in [0.29, 0.717) is 20.2 Å². The molecule has 1 aromatic heterocycles. The standard InChI is InChI=1S/C12H9BrCl2N4O/c13-6-1-10(11(19-16)17-5-6)12(20)18-9-3-7(14)2-8(15)4-9/h1-5H,16H2,(H,17,19)(H,18,20). The normalized spacial score (nSPS) is 10.2. The number of halogens is 3. The van der Waals surface area contributed by atoms with E-state index in [2.05, 4.69) is 31.7 Å². The number of carbonyl (C=O) groups is 1. The number of hydrogen-bond acceptors (Lipinski definition) is 4. The Morgan fingerprint density at radius 2 is 1.85 bits per heavy atom.